The van der Waals surface area contributed by atoms with E-state index in [1.807, 2.05) is 37.5 Å². The number of hydrogen-bond acceptors (Lipinski definition) is 6. The van der Waals surface area contributed by atoms with E-state index in [2.05, 4.69) is 15.4 Å². The number of carbonyl (C=O) groups excluding carboxylic acids is 1. The zero-order chi connectivity index (χ0) is 24.0. The van der Waals surface area contributed by atoms with Gasteiger partial charge in [0.25, 0.3) is 0 Å². The maximum Gasteiger partial charge on any atom is 0.341 e. The van der Waals surface area contributed by atoms with Crippen molar-refractivity contribution < 1.29 is 19.4 Å². The highest BCUT2D eigenvalue weighted by atomic mass is 35.5. The van der Waals surface area contributed by atoms with Crippen LogP contribution in [0.5, 0.6) is 0 Å². The van der Waals surface area contributed by atoms with Gasteiger partial charge in [-0.1, -0.05) is 41.1 Å². The van der Waals surface area contributed by atoms with Crippen molar-refractivity contribution in [2.75, 3.05) is 7.11 Å². The number of methoxy groups -OCH3 is 1. The summed E-state index contributed by atoms with van der Waals surface area (Å²) < 4.78 is 8.38. The number of aromatic carboxylic acids is 1. The number of carboxylic acids is 1. The second-order valence-corrected chi connectivity index (χ2v) is 8.51. The highest BCUT2D eigenvalue weighted by Crippen LogP contribution is 2.55. The minimum absolute atomic E-state index is 0.0240. The van der Waals surface area contributed by atoms with Gasteiger partial charge in [0.2, 0.25) is 0 Å². The Morgan fingerprint density at radius 2 is 1.94 bits per heavy atom. The third-order valence-corrected chi connectivity index (χ3v) is 6.39. The number of aryl methyl sites for hydroxylation is 1. The van der Waals surface area contributed by atoms with Crippen molar-refractivity contribution in [1.29, 1.82) is 0 Å². The molecule has 172 valence electrons. The number of halogens is 1. The van der Waals surface area contributed by atoms with Gasteiger partial charge in [0.05, 0.1) is 41.0 Å². The summed E-state index contributed by atoms with van der Waals surface area (Å²) in [4.78, 5) is 24.0. The summed E-state index contributed by atoms with van der Waals surface area (Å²) in [5.41, 5.74) is 4.07. The molecule has 4 aromatic rings. The Balaban J connectivity index is 1.58. The van der Waals surface area contributed by atoms with E-state index in [0.717, 1.165) is 23.4 Å². The predicted molar refractivity (Wildman–Crippen MR) is 123 cm³/mol. The first-order valence-corrected chi connectivity index (χ1v) is 10.9. The van der Waals surface area contributed by atoms with Gasteiger partial charge in [-0.3, -0.25) is 4.68 Å². The van der Waals surface area contributed by atoms with Crippen LogP contribution in [-0.2, 0) is 11.8 Å². The molecule has 0 spiro atoms. The Hall–Kier alpha value is -3.98. The lowest BCUT2D eigenvalue weighted by Crippen LogP contribution is -2.08. The predicted octanol–water partition coefficient (Wildman–Crippen LogP) is 4.08. The van der Waals surface area contributed by atoms with E-state index >= 15 is 0 Å². The van der Waals surface area contributed by atoms with Crippen LogP contribution < -0.4 is 0 Å². The molecule has 0 bridgehead atoms. The number of carbonyl (C=O) groups is 2. The molecular formula is C24H20ClN5O4. The largest absolute Gasteiger partial charge is 0.478 e. The zero-order valence-corrected chi connectivity index (χ0v) is 19.1. The van der Waals surface area contributed by atoms with Crippen LogP contribution in [0.25, 0.3) is 16.8 Å². The summed E-state index contributed by atoms with van der Waals surface area (Å²) in [6.07, 6.45) is 4.19. The molecule has 2 aromatic heterocycles. The molecule has 5 rings (SSSR count). The monoisotopic (exact) mass is 477 g/mol. The van der Waals surface area contributed by atoms with Gasteiger partial charge < -0.3 is 9.84 Å². The van der Waals surface area contributed by atoms with Crippen LogP contribution >= 0.6 is 11.6 Å². The fraction of sp³-hybridized carbons (Fsp3) is 0.208. The van der Waals surface area contributed by atoms with Gasteiger partial charge in [0.1, 0.15) is 5.56 Å². The summed E-state index contributed by atoms with van der Waals surface area (Å²) in [5.74, 6) is -1.41. The molecule has 10 heteroatoms. The zero-order valence-electron chi connectivity index (χ0n) is 18.3. The molecule has 9 nitrogen and oxygen atoms in total. The second kappa shape index (κ2) is 8.42. The number of rotatable bonds is 6. The molecule has 1 aliphatic carbocycles. The van der Waals surface area contributed by atoms with E-state index in [4.69, 9.17) is 16.3 Å². The van der Waals surface area contributed by atoms with Crippen molar-refractivity contribution in [2.45, 2.75) is 18.3 Å². The Labute approximate surface area is 199 Å². The van der Waals surface area contributed by atoms with Gasteiger partial charge in [-0.25, -0.2) is 14.3 Å². The number of nitrogens with zero attached hydrogens (tertiary/aromatic N) is 5. The van der Waals surface area contributed by atoms with Crippen LogP contribution in [0.4, 0.5) is 0 Å². The fourth-order valence-electron chi connectivity index (χ4n) is 4.27. The first kappa shape index (κ1) is 21.8. The molecule has 34 heavy (non-hydrogen) atoms. The lowest BCUT2D eigenvalue weighted by atomic mass is 10.0. The van der Waals surface area contributed by atoms with E-state index in [9.17, 15) is 14.7 Å². The first-order chi connectivity index (χ1) is 16.4. The molecule has 0 radical (unpaired) electrons. The summed E-state index contributed by atoms with van der Waals surface area (Å²) in [7, 11) is 3.16. The third-order valence-electron chi connectivity index (χ3n) is 5.98. The topological polar surface area (TPSA) is 112 Å². The molecule has 2 aromatic carbocycles. The maximum absolute atomic E-state index is 12.5. The molecule has 1 N–H and O–H groups in total. The minimum atomic E-state index is -1.09. The van der Waals surface area contributed by atoms with E-state index in [-0.39, 0.29) is 22.4 Å². The number of hydrogen-bond donors (Lipinski definition) is 1. The normalized spacial score (nSPS) is 16.9. The van der Waals surface area contributed by atoms with Crippen LogP contribution in [-0.4, -0.2) is 48.9 Å². The molecule has 1 fully saturated rings. The number of aromatic nitrogens is 5. The van der Waals surface area contributed by atoms with Gasteiger partial charge in [-0.15, -0.1) is 5.10 Å². The van der Waals surface area contributed by atoms with Crippen molar-refractivity contribution in [3.8, 4) is 16.8 Å². The summed E-state index contributed by atoms with van der Waals surface area (Å²) in [6.45, 7) is 0. The van der Waals surface area contributed by atoms with Crippen LogP contribution in [0.3, 0.4) is 0 Å². The number of ether oxygens (including phenoxy) is 1. The van der Waals surface area contributed by atoms with E-state index in [0.29, 0.717) is 16.8 Å². The van der Waals surface area contributed by atoms with Crippen LogP contribution in [0.15, 0.2) is 54.9 Å². The van der Waals surface area contributed by atoms with Crippen LogP contribution in [0.2, 0.25) is 5.02 Å². The maximum atomic E-state index is 12.5. The van der Waals surface area contributed by atoms with Crippen molar-refractivity contribution in [2.24, 2.45) is 7.05 Å². The molecule has 0 amide bonds. The third kappa shape index (κ3) is 3.73. The first-order valence-electron chi connectivity index (χ1n) is 10.5. The SMILES string of the molecule is COC(=O)c1cnn(-c2cccc(-c3cccc(C(=O)O)c3Cl)c2)c1C1CC1c1cn(C)nn1. The molecule has 1 aliphatic rings. The van der Waals surface area contributed by atoms with Crippen molar-refractivity contribution in [3.63, 3.8) is 0 Å². The Kier molecular flexibility index (Phi) is 5.41. The van der Waals surface area contributed by atoms with Gasteiger partial charge in [0.15, 0.2) is 0 Å². The molecule has 0 saturated heterocycles. The van der Waals surface area contributed by atoms with Gasteiger partial charge in [-0.05, 0) is 30.2 Å². The average Bonchev–Trinajstić information content (AvgIpc) is 3.28. The number of benzene rings is 2. The lowest BCUT2D eigenvalue weighted by Gasteiger charge is -2.12. The molecule has 2 heterocycles. The molecular weight excluding hydrogens is 458 g/mol. The Bertz CT molecular complexity index is 1430. The van der Waals surface area contributed by atoms with Gasteiger partial charge >= 0.3 is 11.9 Å². The average molecular weight is 478 g/mol. The van der Waals surface area contributed by atoms with Gasteiger partial charge in [0, 0.05) is 30.6 Å². The van der Waals surface area contributed by atoms with Crippen LogP contribution in [0.1, 0.15) is 50.4 Å². The minimum Gasteiger partial charge on any atom is -0.478 e. The van der Waals surface area contributed by atoms with E-state index in [1.165, 1.54) is 19.4 Å². The fourth-order valence-corrected chi connectivity index (χ4v) is 4.59. The number of esters is 1. The summed E-state index contributed by atoms with van der Waals surface area (Å²) >= 11 is 6.40. The quantitative estimate of drug-likeness (QED) is 0.416. The number of carboxylic acid groups (broad SMARTS) is 1. The highest BCUT2D eigenvalue weighted by molar-refractivity contribution is 6.36. The molecule has 2 atom stereocenters. The molecule has 2 unspecified atom stereocenters. The van der Waals surface area contributed by atoms with Crippen LogP contribution in [0, 0.1) is 0 Å². The van der Waals surface area contributed by atoms with Crippen molar-refractivity contribution in [1.82, 2.24) is 24.8 Å². The molecule has 0 aliphatic heterocycles. The van der Waals surface area contributed by atoms with E-state index in [1.54, 1.807) is 21.5 Å². The van der Waals surface area contributed by atoms with Gasteiger partial charge in [-0.2, -0.15) is 5.10 Å². The smallest absolute Gasteiger partial charge is 0.341 e. The van der Waals surface area contributed by atoms with Crippen molar-refractivity contribution >= 4 is 23.5 Å². The Morgan fingerprint density at radius 1 is 1.15 bits per heavy atom. The Morgan fingerprint density at radius 3 is 2.65 bits per heavy atom. The highest BCUT2D eigenvalue weighted by Gasteiger charge is 2.46. The van der Waals surface area contributed by atoms with E-state index < -0.39 is 11.9 Å². The lowest BCUT2D eigenvalue weighted by molar-refractivity contribution is 0.0598. The second-order valence-electron chi connectivity index (χ2n) is 8.14. The summed E-state index contributed by atoms with van der Waals surface area (Å²) in [5, 5.41) is 22.3. The summed E-state index contributed by atoms with van der Waals surface area (Å²) in [6, 6.07) is 12.3. The standard InChI is InChI=1S/C24H20ClN5O4/c1-29-12-20(27-28-29)17-10-18(17)22-19(24(33)34-2)11-26-30(22)14-6-3-5-13(9-14)15-7-4-8-16(21(15)25)23(31)32/h3-9,11-12,17-18H,10H2,1-2H3,(H,31,32). The van der Waals surface area contributed by atoms with Crippen molar-refractivity contribution in [3.05, 3.63) is 82.4 Å². The molecule has 1 saturated carbocycles.